The maximum atomic E-state index is 12.3. The Kier molecular flexibility index (Phi) is 3.33. The molecule has 108 valence electrons. The average Bonchev–Trinajstić information content (AvgIpc) is 2.73. The van der Waals surface area contributed by atoms with Crippen molar-refractivity contribution in [2.45, 2.75) is 19.4 Å². The molecule has 0 bridgehead atoms. The van der Waals surface area contributed by atoms with Crippen LogP contribution in [0.15, 0.2) is 36.4 Å². The van der Waals surface area contributed by atoms with Gasteiger partial charge in [-0.05, 0) is 30.5 Å². The Balaban J connectivity index is 1.77. The predicted octanol–water partition coefficient (Wildman–Crippen LogP) is 1.84. The van der Waals surface area contributed by atoms with E-state index in [0.29, 0.717) is 12.8 Å². The summed E-state index contributed by atoms with van der Waals surface area (Å²) >= 11 is 0. The van der Waals surface area contributed by atoms with Crippen LogP contribution in [0.2, 0.25) is 0 Å². The number of imide groups is 1. The lowest BCUT2D eigenvalue weighted by Gasteiger charge is -2.14. The molecule has 5 heteroatoms. The number of benzene rings is 1. The molecule has 1 heterocycles. The smallest absolute Gasteiger partial charge is 0.335 e. The van der Waals surface area contributed by atoms with Gasteiger partial charge in [-0.3, -0.25) is 14.5 Å². The molecule has 2 amide bonds. The molecule has 3 rings (SSSR count). The van der Waals surface area contributed by atoms with Crippen LogP contribution < -0.4 is 0 Å². The second-order valence-electron chi connectivity index (χ2n) is 5.42. The fraction of sp³-hybridized carbons (Fsp3) is 0.312. The number of carbonyl (C=O) groups is 3. The lowest BCUT2D eigenvalue weighted by molar-refractivity contribution is -0.140. The van der Waals surface area contributed by atoms with Crippen LogP contribution >= 0.6 is 0 Å². The molecule has 0 saturated carbocycles. The molecule has 21 heavy (non-hydrogen) atoms. The van der Waals surface area contributed by atoms with Gasteiger partial charge in [-0.15, -0.1) is 0 Å². The Bertz CT molecular complexity index is 606. The fourth-order valence-corrected chi connectivity index (χ4v) is 2.96. The summed E-state index contributed by atoms with van der Waals surface area (Å²) < 4.78 is 0. The number of carbonyl (C=O) groups excluding carboxylic acids is 2. The van der Waals surface area contributed by atoms with Gasteiger partial charge in [-0.2, -0.15) is 0 Å². The number of amides is 2. The standard InChI is InChI=1S/C16H15NO4/c18-14-12-3-1-2-4-13(12)15(19)17(14)9-10-5-7-11(8-6-10)16(20)21/h1-2,5-8,12-13H,3-4,9H2,(H,20,21)/t12-,13+. The fourth-order valence-electron chi connectivity index (χ4n) is 2.96. The summed E-state index contributed by atoms with van der Waals surface area (Å²) in [4.78, 5) is 36.7. The summed E-state index contributed by atoms with van der Waals surface area (Å²) in [5.41, 5.74) is 0.948. The zero-order valence-corrected chi connectivity index (χ0v) is 11.4. The summed E-state index contributed by atoms with van der Waals surface area (Å²) in [6, 6.07) is 6.25. The number of rotatable bonds is 3. The van der Waals surface area contributed by atoms with Crippen molar-refractivity contribution < 1.29 is 19.5 Å². The Morgan fingerprint density at radius 1 is 1.05 bits per heavy atom. The lowest BCUT2D eigenvalue weighted by Crippen LogP contribution is -2.30. The van der Waals surface area contributed by atoms with E-state index in [1.54, 1.807) is 12.1 Å². The summed E-state index contributed by atoms with van der Waals surface area (Å²) in [7, 11) is 0. The number of carboxylic acids is 1. The van der Waals surface area contributed by atoms with E-state index in [-0.39, 0.29) is 35.8 Å². The molecule has 1 aliphatic carbocycles. The molecule has 0 radical (unpaired) electrons. The second kappa shape index (κ2) is 5.16. The number of likely N-dealkylation sites (tertiary alicyclic amines) is 1. The molecule has 1 aromatic rings. The highest BCUT2D eigenvalue weighted by Crippen LogP contribution is 2.35. The van der Waals surface area contributed by atoms with Crippen LogP contribution in [-0.2, 0) is 16.1 Å². The van der Waals surface area contributed by atoms with Crippen molar-refractivity contribution >= 4 is 17.8 Å². The van der Waals surface area contributed by atoms with Gasteiger partial charge in [0, 0.05) is 0 Å². The molecule has 1 saturated heterocycles. The summed E-state index contributed by atoms with van der Waals surface area (Å²) in [5, 5.41) is 8.86. The van der Waals surface area contributed by atoms with Crippen molar-refractivity contribution in [3.8, 4) is 0 Å². The number of aromatic carboxylic acids is 1. The van der Waals surface area contributed by atoms with E-state index in [4.69, 9.17) is 5.11 Å². The van der Waals surface area contributed by atoms with Gasteiger partial charge in [0.15, 0.2) is 0 Å². The highest BCUT2D eigenvalue weighted by atomic mass is 16.4. The minimum Gasteiger partial charge on any atom is -0.478 e. The van der Waals surface area contributed by atoms with Gasteiger partial charge in [-0.1, -0.05) is 24.3 Å². The summed E-state index contributed by atoms with van der Waals surface area (Å²) in [6.07, 6.45) is 5.17. The normalized spacial score (nSPS) is 24.3. The molecular weight excluding hydrogens is 270 g/mol. The van der Waals surface area contributed by atoms with Crippen molar-refractivity contribution in [3.05, 3.63) is 47.5 Å². The van der Waals surface area contributed by atoms with E-state index in [1.807, 2.05) is 12.2 Å². The number of hydrogen-bond acceptors (Lipinski definition) is 3. The van der Waals surface area contributed by atoms with Crippen molar-refractivity contribution in [2.75, 3.05) is 0 Å². The summed E-state index contributed by atoms with van der Waals surface area (Å²) in [5.74, 6) is -1.66. The molecule has 1 N–H and O–H groups in total. The van der Waals surface area contributed by atoms with E-state index in [0.717, 1.165) is 5.56 Å². The van der Waals surface area contributed by atoms with Crippen LogP contribution in [0.1, 0.15) is 28.8 Å². The van der Waals surface area contributed by atoms with E-state index in [2.05, 4.69) is 0 Å². The average molecular weight is 285 g/mol. The number of allylic oxidation sites excluding steroid dienone is 2. The van der Waals surface area contributed by atoms with Crippen LogP contribution in [0.4, 0.5) is 0 Å². The van der Waals surface area contributed by atoms with E-state index >= 15 is 0 Å². The molecular formula is C16H15NO4. The number of fused-ring (bicyclic) bond motifs is 1. The third-order valence-electron chi connectivity index (χ3n) is 4.14. The van der Waals surface area contributed by atoms with Gasteiger partial charge in [0.2, 0.25) is 11.8 Å². The Morgan fingerprint density at radius 2 is 1.57 bits per heavy atom. The molecule has 2 aliphatic rings. The molecule has 0 aromatic heterocycles. The van der Waals surface area contributed by atoms with Crippen molar-refractivity contribution in [1.29, 1.82) is 0 Å². The van der Waals surface area contributed by atoms with Crippen LogP contribution in [-0.4, -0.2) is 27.8 Å². The van der Waals surface area contributed by atoms with E-state index in [9.17, 15) is 14.4 Å². The quantitative estimate of drug-likeness (QED) is 0.679. The zero-order valence-electron chi connectivity index (χ0n) is 11.4. The van der Waals surface area contributed by atoms with Crippen molar-refractivity contribution in [1.82, 2.24) is 4.90 Å². The zero-order chi connectivity index (χ0) is 15.0. The molecule has 5 nitrogen and oxygen atoms in total. The van der Waals surface area contributed by atoms with Crippen molar-refractivity contribution in [3.63, 3.8) is 0 Å². The molecule has 1 aliphatic heterocycles. The third-order valence-corrected chi connectivity index (χ3v) is 4.14. The first-order valence-electron chi connectivity index (χ1n) is 6.90. The van der Waals surface area contributed by atoms with E-state index in [1.165, 1.54) is 17.0 Å². The predicted molar refractivity (Wildman–Crippen MR) is 74.3 cm³/mol. The van der Waals surface area contributed by atoms with Gasteiger partial charge >= 0.3 is 5.97 Å². The number of carboxylic acid groups (broad SMARTS) is 1. The highest BCUT2D eigenvalue weighted by Gasteiger charge is 2.46. The maximum absolute atomic E-state index is 12.3. The van der Waals surface area contributed by atoms with Gasteiger partial charge in [0.05, 0.1) is 23.9 Å². The molecule has 0 unspecified atom stereocenters. The van der Waals surface area contributed by atoms with Crippen LogP contribution in [0.3, 0.4) is 0 Å². The molecule has 1 fully saturated rings. The first-order valence-corrected chi connectivity index (χ1v) is 6.90. The minimum absolute atomic E-state index is 0.114. The number of nitrogens with zero attached hydrogens (tertiary/aromatic N) is 1. The maximum Gasteiger partial charge on any atom is 0.335 e. The molecule has 1 aromatic carbocycles. The first-order chi connectivity index (χ1) is 10.1. The van der Waals surface area contributed by atoms with Gasteiger partial charge in [0.25, 0.3) is 0 Å². The second-order valence-corrected chi connectivity index (χ2v) is 5.42. The van der Waals surface area contributed by atoms with Crippen LogP contribution in [0.5, 0.6) is 0 Å². The third kappa shape index (κ3) is 2.35. The minimum atomic E-state index is -0.994. The monoisotopic (exact) mass is 285 g/mol. The molecule has 0 spiro atoms. The topological polar surface area (TPSA) is 74.7 Å². The lowest BCUT2D eigenvalue weighted by atomic mass is 9.85. The first kappa shape index (κ1) is 13.5. The van der Waals surface area contributed by atoms with Crippen LogP contribution in [0, 0.1) is 11.8 Å². The van der Waals surface area contributed by atoms with E-state index < -0.39 is 5.97 Å². The highest BCUT2D eigenvalue weighted by molar-refractivity contribution is 6.05. The van der Waals surface area contributed by atoms with Crippen molar-refractivity contribution in [2.24, 2.45) is 11.8 Å². The largest absolute Gasteiger partial charge is 0.478 e. The summed E-state index contributed by atoms with van der Waals surface area (Å²) in [6.45, 7) is 0.213. The Morgan fingerprint density at radius 3 is 2.05 bits per heavy atom. The van der Waals surface area contributed by atoms with Gasteiger partial charge in [0.1, 0.15) is 0 Å². The van der Waals surface area contributed by atoms with Crippen LogP contribution in [0.25, 0.3) is 0 Å². The number of hydrogen-bond donors (Lipinski definition) is 1. The molecule has 2 atom stereocenters. The van der Waals surface area contributed by atoms with Gasteiger partial charge < -0.3 is 5.11 Å². The Labute approximate surface area is 121 Å². The van der Waals surface area contributed by atoms with Gasteiger partial charge in [-0.25, -0.2) is 4.79 Å². The Hall–Kier alpha value is -2.43. The SMILES string of the molecule is O=C(O)c1ccc(CN2C(=O)[C@H]3CC=CC[C@H]3C2=O)cc1.